The number of carbonyl (C=O) groups excluding carboxylic acids is 4. The van der Waals surface area contributed by atoms with Gasteiger partial charge in [0.15, 0.2) is 18.3 Å². The maximum Gasteiger partial charge on any atom is 0.303 e. The standard InChI is InChI=1S/C13H19BrO8/c1-7(15)19-6-12(21-9(3)17)13(22-10(4)18)11(5-14)20-8(2)16/h11-13H,5-6H2,1-4H3/t11-,12+,13+/m1/s1. The first-order chi connectivity index (χ1) is 10.2. The fraction of sp³-hybridized carbons (Fsp3) is 0.692. The Bertz CT molecular complexity index is 422. The molecule has 0 aliphatic rings. The molecule has 0 aromatic carbocycles. The molecule has 0 N–H and O–H groups in total. The molecule has 0 aliphatic heterocycles. The normalized spacial score (nSPS) is 14.2. The van der Waals surface area contributed by atoms with Crippen molar-refractivity contribution in [1.82, 2.24) is 0 Å². The predicted molar refractivity (Wildman–Crippen MR) is 77.1 cm³/mol. The fourth-order valence-electron chi connectivity index (χ4n) is 1.59. The van der Waals surface area contributed by atoms with Gasteiger partial charge in [0, 0.05) is 33.0 Å². The van der Waals surface area contributed by atoms with Gasteiger partial charge in [-0.3, -0.25) is 19.2 Å². The molecule has 0 radical (unpaired) electrons. The SMILES string of the molecule is CC(=O)OC[C@H](OC(C)=O)[C@@H](OC(C)=O)[C@@H](CBr)OC(C)=O. The summed E-state index contributed by atoms with van der Waals surface area (Å²) >= 11 is 3.13. The van der Waals surface area contributed by atoms with Crippen molar-refractivity contribution in [1.29, 1.82) is 0 Å². The van der Waals surface area contributed by atoms with Gasteiger partial charge in [0.05, 0.1) is 0 Å². The molecule has 22 heavy (non-hydrogen) atoms. The quantitative estimate of drug-likeness (QED) is 0.343. The van der Waals surface area contributed by atoms with Crippen LogP contribution in [0.4, 0.5) is 0 Å². The highest BCUT2D eigenvalue weighted by Crippen LogP contribution is 2.16. The van der Waals surface area contributed by atoms with Gasteiger partial charge in [-0.25, -0.2) is 0 Å². The highest BCUT2D eigenvalue weighted by molar-refractivity contribution is 9.09. The fourth-order valence-corrected chi connectivity index (χ4v) is 2.09. The topological polar surface area (TPSA) is 105 Å². The average Bonchev–Trinajstić information content (AvgIpc) is 2.37. The first kappa shape index (κ1) is 20.4. The maximum atomic E-state index is 11.3. The van der Waals surface area contributed by atoms with Crippen LogP contribution in [0.3, 0.4) is 0 Å². The molecule has 0 amide bonds. The van der Waals surface area contributed by atoms with Crippen LogP contribution in [0, 0.1) is 0 Å². The van der Waals surface area contributed by atoms with Crippen LogP contribution in [-0.2, 0) is 38.1 Å². The molecular formula is C13H19BrO8. The summed E-state index contributed by atoms with van der Waals surface area (Å²) < 4.78 is 19.9. The van der Waals surface area contributed by atoms with Crippen molar-refractivity contribution in [3.8, 4) is 0 Å². The molecule has 8 nitrogen and oxygen atoms in total. The van der Waals surface area contributed by atoms with E-state index in [4.69, 9.17) is 18.9 Å². The minimum absolute atomic E-state index is 0.127. The summed E-state index contributed by atoms with van der Waals surface area (Å²) in [7, 11) is 0. The van der Waals surface area contributed by atoms with E-state index in [0.717, 1.165) is 13.8 Å². The number of hydrogen-bond acceptors (Lipinski definition) is 8. The molecule has 0 saturated carbocycles. The average molecular weight is 383 g/mol. The Hall–Kier alpha value is -1.64. The summed E-state index contributed by atoms with van der Waals surface area (Å²) in [5.74, 6) is -2.52. The first-order valence-corrected chi connectivity index (χ1v) is 7.50. The molecule has 0 aliphatic carbocycles. The van der Waals surface area contributed by atoms with Crippen LogP contribution in [0.25, 0.3) is 0 Å². The Morgan fingerprint density at radius 3 is 1.59 bits per heavy atom. The van der Waals surface area contributed by atoms with Crippen molar-refractivity contribution in [3.63, 3.8) is 0 Å². The van der Waals surface area contributed by atoms with E-state index in [2.05, 4.69) is 15.9 Å². The molecule has 0 aromatic heterocycles. The monoisotopic (exact) mass is 382 g/mol. The number of esters is 4. The Morgan fingerprint density at radius 2 is 1.23 bits per heavy atom. The van der Waals surface area contributed by atoms with Gasteiger partial charge in [0.25, 0.3) is 0 Å². The van der Waals surface area contributed by atoms with E-state index in [0.29, 0.717) is 0 Å². The molecule has 0 rings (SSSR count). The summed E-state index contributed by atoms with van der Waals surface area (Å²) in [6, 6.07) is 0. The Labute approximate surface area is 136 Å². The molecule has 0 heterocycles. The molecule has 0 fully saturated rings. The van der Waals surface area contributed by atoms with Crippen LogP contribution in [0.15, 0.2) is 0 Å². The van der Waals surface area contributed by atoms with Crippen LogP contribution in [0.5, 0.6) is 0 Å². The number of rotatable bonds is 8. The zero-order valence-electron chi connectivity index (χ0n) is 12.8. The van der Waals surface area contributed by atoms with Crippen molar-refractivity contribution in [2.24, 2.45) is 0 Å². The van der Waals surface area contributed by atoms with Crippen molar-refractivity contribution >= 4 is 39.8 Å². The van der Waals surface area contributed by atoms with Crippen LogP contribution >= 0.6 is 15.9 Å². The molecule has 126 valence electrons. The van der Waals surface area contributed by atoms with Crippen LogP contribution in [0.2, 0.25) is 0 Å². The lowest BCUT2D eigenvalue weighted by atomic mass is 10.1. The number of hydrogen-bond donors (Lipinski definition) is 0. The maximum absolute atomic E-state index is 11.3. The summed E-state index contributed by atoms with van der Waals surface area (Å²) in [5, 5.41) is 0.127. The second-order valence-corrected chi connectivity index (χ2v) is 4.97. The van der Waals surface area contributed by atoms with E-state index in [1.807, 2.05) is 0 Å². The zero-order valence-corrected chi connectivity index (χ0v) is 14.4. The summed E-state index contributed by atoms with van der Waals surface area (Å²) in [5.41, 5.74) is 0. The third-order valence-corrected chi connectivity index (χ3v) is 2.91. The van der Waals surface area contributed by atoms with Gasteiger partial charge in [-0.15, -0.1) is 0 Å². The Morgan fingerprint density at radius 1 is 0.773 bits per heavy atom. The highest BCUT2D eigenvalue weighted by Gasteiger charge is 2.37. The number of carbonyl (C=O) groups is 4. The highest BCUT2D eigenvalue weighted by atomic mass is 79.9. The van der Waals surface area contributed by atoms with Crippen LogP contribution in [0.1, 0.15) is 27.7 Å². The predicted octanol–water partition coefficient (Wildman–Crippen LogP) is 0.740. The first-order valence-electron chi connectivity index (χ1n) is 6.38. The third kappa shape index (κ3) is 8.60. The largest absolute Gasteiger partial charge is 0.462 e. The molecule has 3 atom stereocenters. The Kier molecular flexibility index (Phi) is 9.39. The zero-order chi connectivity index (χ0) is 17.3. The van der Waals surface area contributed by atoms with Crippen LogP contribution in [-0.4, -0.2) is 54.1 Å². The van der Waals surface area contributed by atoms with E-state index in [-0.39, 0.29) is 11.9 Å². The molecule has 0 aromatic rings. The third-order valence-electron chi connectivity index (χ3n) is 2.27. The minimum atomic E-state index is -1.12. The van der Waals surface area contributed by atoms with Crippen molar-refractivity contribution < 1.29 is 38.1 Å². The van der Waals surface area contributed by atoms with Gasteiger partial charge in [-0.1, -0.05) is 15.9 Å². The molecule has 0 bridgehead atoms. The van der Waals surface area contributed by atoms with Gasteiger partial charge < -0.3 is 18.9 Å². The molecular weight excluding hydrogens is 364 g/mol. The van der Waals surface area contributed by atoms with Crippen molar-refractivity contribution in [2.45, 2.75) is 46.0 Å². The summed E-state index contributed by atoms with van der Waals surface area (Å²) in [4.78, 5) is 44.5. The molecule has 0 spiro atoms. The number of halogens is 1. The van der Waals surface area contributed by atoms with Gasteiger partial charge in [-0.2, -0.15) is 0 Å². The van der Waals surface area contributed by atoms with E-state index in [9.17, 15) is 19.2 Å². The Balaban J connectivity index is 5.30. The van der Waals surface area contributed by atoms with E-state index < -0.39 is 42.2 Å². The van der Waals surface area contributed by atoms with E-state index >= 15 is 0 Å². The van der Waals surface area contributed by atoms with Gasteiger partial charge >= 0.3 is 23.9 Å². The summed E-state index contributed by atoms with van der Waals surface area (Å²) in [6.45, 7) is 4.34. The summed E-state index contributed by atoms with van der Waals surface area (Å²) in [6.07, 6.45) is -3.14. The second kappa shape index (κ2) is 10.1. The van der Waals surface area contributed by atoms with E-state index in [1.54, 1.807) is 0 Å². The number of ether oxygens (including phenoxy) is 4. The van der Waals surface area contributed by atoms with Gasteiger partial charge in [0.1, 0.15) is 6.61 Å². The van der Waals surface area contributed by atoms with Crippen LogP contribution < -0.4 is 0 Å². The number of alkyl halides is 1. The van der Waals surface area contributed by atoms with Crippen molar-refractivity contribution in [3.05, 3.63) is 0 Å². The lowest BCUT2D eigenvalue weighted by Gasteiger charge is -2.30. The molecule has 0 unspecified atom stereocenters. The van der Waals surface area contributed by atoms with E-state index in [1.165, 1.54) is 13.8 Å². The van der Waals surface area contributed by atoms with Crippen molar-refractivity contribution in [2.75, 3.05) is 11.9 Å². The lowest BCUT2D eigenvalue weighted by Crippen LogP contribution is -2.48. The molecule has 0 saturated heterocycles. The lowest BCUT2D eigenvalue weighted by molar-refractivity contribution is -0.187. The van der Waals surface area contributed by atoms with Gasteiger partial charge in [-0.05, 0) is 0 Å². The smallest absolute Gasteiger partial charge is 0.303 e. The minimum Gasteiger partial charge on any atom is -0.462 e. The second-order valence-electron chi connectivity index (χ2n) is 4.33. The molecule has 9 heteroatoms. The van der Waals surface area contributed by atoms with Gasteiger partial charge in [0.2, 0.25) is 0 Å².